The van der Waals surface area contributed by atoms with E-state index in [0.717, 1.165) is 16.9 Å². The van der Waals surface area contributed by atoms with E-state index < -0.39 is 0 Å². The van der Waals surface area contributed by atoms with Crippen molar-refractivity contribution in [2.75, 3.05) is 11.1 Å². The summed E-state index contributed by atoms with van der Waals surface area (Å²) in [6.45, 7) is 2.57. The molecule has 0 atom stereocenters. The number of hydrogen-bond donors (Lipinski definition) is 3. The smallest absolute Gasteiger partial charge is 0.243 e. The van der Waals surface area contributed by atoms with Crippen molar-refractivity contribution in [3.63, 3.8) is 0 Å². The molecule has 3 aromatic rings. The van der Waals surface area contributed by atoms with E-state index in [0.29, 0.717) is 18.4 Å². The summed E-state index contributed by atoms with van der Waals surface area (Å²) in [5, 5.41) is 14.1. The molecule has 3 rings (SSSR count). The second kappa shape index (κ2) is 5.04. The fraction of sp³-hybridized carbons (Fsp3) is 0.154. The topological polar surface area (TPSA) is 97.4 Å². The quantitative estimate of drug-likeness (QED) is 0.666. The van der Waals surface area contributed by atoms with Crippen molar-refractivity contribution in [1.82, 2.24) is 25.0 Å². The second-order valence-electron chi connectivity index (χ2n) is 4.42. The summed E-state index contributed by atoms with van der Waals surface area (Å²) >= 11 is 0. The molecule has 20 heavy (non-hydrogen) atoms. The molecule has 7 heteroatoms. The van der Waals surface area contributed by atoms with Crippen molar-refractivity contribution in [3.8, 4) is 5.69 Å². The minimum Gasteiger partial charge on any atom is -0.368 e. The zero-order chi connectivity index (χ0) is 13.9. The van der Waals surface area contributed by atoms with Crippen LogP contribution in [-0.4, -0.2) is 25.0 Å². The van der Waals surface area contributed by atoms with Crippen molar-refractivity contribution in [1.29, 1.82) is 0 Å². The Morgan fingerprint density at radius 3 is 2.80 bits per heavy atom. The molecular formula is C13H15N7. The minimum absolute atomic E-state index is 0.296. The molecule has 0 bridgehead atoms. The maximum atomic E-state index is 5.47. The third-order valence-corrected chi connectivity index (χ3v) is 2.96. The first-order valence-corrected chi connectivity index (χ1v) is 6.24. The predicted octanol–water partition coefficient (Wildman–Crippen LogP) is 1.49. The van der Waals surface area contributed by atoms with Crippen LogP contribution in [0.1, 0.15) is 11.3 Å². The van der Waals surface area contributed by atoms with E-state index in [1.54, 1.807) is 0 Å². The summed E-state index contributed by atoms with van der Waals surface area (Å²) in [5.74, 6) is 0.776. The van der Waals surface area contributed by atoms with E-state index in [4.69, 9.17) is 5.73 Å². The average molecular weight is 269 g/mol. The standard InChI is InChI=1S/C13H15N7/c1-9-10(7-15-13-16-12(14)17-18-13)8-20(19-9)11-5-3-2-4-6-11/h2-6,8H,7H2,1H3,(H4,14,15,16,17,18). The number of aromatic nitrogens is 5. The van der Waals surface area contributed by atoms with Crippen LogP contribution in [-0.2, 0) is 6.54 Å². The van der Waals surface area contributed by atoms with Crippen LogP contribution in [0.3, 0.4) is 0 Å². The molecule has 0 saturated carbocycles. The van der Waals surface area contributed by atoms with Gasteiger partial charge in [0.25, 0.3) is 0 Å². The third-order valence-electron chi connectivity index (χ3n) is 2.96. The predicted molar refractivity (Wildman–Crippen MR) is 76.4 cm³/mol. The number of anilines is 2. The summed E-state index contributed by atoms with van der Waals surface area (Å²) < 4.78 is 1.86. The van der Waals surface area contributed by atoms with Crippen molar-refractivity contribution in [2.24, 2.45) is 0 Å². The third kappa shape index (κ3) is 2.46. The normalized spacial score (nSPS) is 10.7. The number of para-hydroxylation sites is 1. The zero-order valence-electron chi connectivity index (χ0n) is 11.0. The molecule has 0 unspecified atom stereocenters. The first-order chi connectivity index (χ1) is 9.72. The van der Waals surface area contributed by atoms with Gasteiger partial charge in [-0.1, -0.05) is 18.2 Å². The first-order valence-electron chi connectivity index (χ1n) is 6.24. The van der Waals surface area contributed by atoms with Crippen LogP contribution in [0.4, 0.5) is 11.9 Å². The number of hydrogen-bond acceptors (Lipinski definition) is 5. The molecule has 0 fully saturated rings. The van der Waals surface area contributed by atoms with Gasteiger partial charge in [-0.05, 0) is 19.1 Å². The van der Waals surface area contributed by atoms with E-state index in [9.17, 15) is 0 Å². The molecule has 2 heterocycles. The Bertz CT molecular complexity index is 699. The van der Waals surface area contributed by atoms with Gasteiger partial charge in [-0.3, -0.25) is 0 Å². The lowest BCUT2D eigenvalue weighted by Gasteiger charge is -2.00. The first kappa shape index (κ1) is 12.2. The summed E-state index contributed by atoms with van der Waals surface area (Å²) in [6, 6.07) is 9.98. The number of aromatic amines is 1. The Hall–Kier alpha value is -2.83. The largest absolute Gasteiger partial charge is 0.368 e. The maximum absolute atomic E-state index is 5.47. The van der Waals surface area contributed by atoms with Gasteiger partial charge >= 0.3 is 0 Å². The van der Waals surface area contributed by atoms with Gasteiger partial charge in [0.15, 0.2) is 0 Å². The van der Waals surface area contributed by atoms with E-state index in [1.165, 1.54) is 0 Å². The molecule has 7 nitrogen and oxygen atoms in total. The summed E-state index contributed by atoms with van der Waals surface area (Å²) in [6.07, 6.45) is 1.99. The number of H-pyrrole nitrogens is 1. The van der Waals surface area contributed by atoms with Crippen LogP contribution < -0.4 is 11.1 Å². The highest BCUT2D eigenvalue weighted by Crippen LogP contribution is 2.13. The molecule has 0 spiro atoms. The van der Waals surface area contributed by atoms with Gasteiger partial charge in [0.2, 0.25) is 11.9 Å². The highest BCUT2D eigenvalue weighted by Gasteiger charge is 2.07. The van der Waals surface area contributed by atoms with Crippen LogP contribution in [0.5, 0.6) is 0 Å². The number of nitrogens with two attached hydrogens (primary N) is 1. The molecular weight excluding hydrogens is 254 g/mol. The Morgan fingerprint density at radius 1 is 1.30 bits per heavy atom. The van der Waals surface area contributed by atoms with E-state index in [-0.39, 0.29) is 0 Å². The molecule has 0 saturated heterocycles. The van der Waals surface area contributed by atoms with Crippen LogP contribution in [0.25, 0.3) is 5.69 Å². The van der Waals surface area contributed by atoms with Gasteiger partial charge in [0.05, 0.1) is 11.4 Å². The lowest BCUT2D eigenvalue weighted by Crippen LogP contribution is -2.01. The van der Waals surface area contributed by atoms with Crippen LogP contribution >= 0.6 is 0 Å². The van der Waals surface area contributed by atoms with Crippen LogP contribution in [0.15, 0.2) is 36.5 Å². The summed E-state index contributed by atoms with van der Waals surface area (Å²) in [5.41, 5.74) is 8.55. The van der Waals surface area contributed by atoms with Crippen molar-refractivity contribution >= 4 is 11.9 Å². The highest BCUT2D eigenvalue weighted by molar-refractivity contribution is 5.35. The molecule has 102 valence electrons. The Labute approximate surface area is 115 Å². The molecule has 0 aliphatic carbocycles. The molecule has 0 amide bonds. The Morgan fingerprint density at radius 2 is 2.10 bits per heavy atom. The van der Waals surface area contributed by atoms with E-state index in [2.05, 4.69) is 25.6 Å². The van der Waals surface area contributed by atoms with Gasteiger partial charge in [0.1, 0.15) is 0 Å². The number of nitrogen functional groups attached to an aromatic ring is 1. The molecule has 0 aliphatic heterocycles. The van der Waals surface area contributed by atoms with Crippen molar-refractivity contribution < 1.29 is 0 Å². The van der Waals surface area contributed by atoms with Crippen LogP contribution in [0.2, 0.25) is 0 Å². The summed E-state index contributed by atoms with van der Waals surface area (Å²) in [7, 11) is 0. The van der Waals surface area contributed by atoms with Crippen molar-refractivity contribution in [2.45, 2.75) is 13.5 Å². The number of rotatable bonds is 4. The van der Waals surface area contributed by atoms with Crippen LogP contribution in [0, 0.1) is 6.92 Å². The maximum Gasteiger partial charge on any atom is 0.243 e. The van der Waals surface area contributed by atoms with Gasteiger partial charge < -0.3 is 11.1 Å². The monoisotopic (exact) mass is 269 g/mol. The minimum atomic E-state index is 0.296. The lowest BCUT2D eigenvalue weighted by molar-refractivity contribution is 0.863. The number of nitrogens with one attached hydrogen (secondary N) is 2. The number of aryl methyl sites for hydroxylation is 1. The fourth-order valence-corrected chi connectivity index (χ4v) is 1.91. The Kier molecular flexibility index (Phi) is 3.08. The molecule has 0 aliphatic rings. The van der Waals surface area contributed by atoms with E-state index >= 15 is 0 Å². The van der Waals surface area contributed by atoms with Crippen molar-refractivity contribution in [3.05, 3.63) is 47.8 Å². The number of nitrogens with zero attached hydrogens (tertiary/aromatic N) is 4. The number of benzene rings is 1. The van der Waals surface area contributed by atoms with E-state index in [1.807, 2.05) is 48.1 Å². The fourth-order valence-electron chi connectivity index (χ4n) is 1.91. The second-order valence-corrected chi connectivity index (χ2v) is 4.42. The molecule has 2 aromatic heterocycles. The van der Waals surface area contributed by atoms with Gasteiger partial charge in [-0.25, -0.2) is 9.78 Å². The highest BCUT2D eigenvalue weighted by atomic mass is 15.3. The average Bonchev–Trinajstić information content (AvgIpc) is 3.04. The van der Waals surface area contributed by atoms with Gasteiger partial charge in [-0.2, -0.15) is 10.1 Å². The molecule has 1 aromatic carbocycles. The van der Waals surface area contributed by atoms with Gasteiger partial charge in [-0.15, -0.1) is 5.10 Å². The SMILES string of the molecule is Cc1nn(-c2ccccc2)cc1CNc1n[nH]c(N)n1. The zero-order valence-corrected chi connectivity index (χ0v) is 11.0. The molecule has 0 radical (unpaired) electrons. The lowest BCUT2D eigenvalue weighted by atomic mass is 10.2. The summed E-state index contributed by atoms with van der Waals surface area (Å²) in [4.78, 5) is 3.99. The Balaban J connectivity index is 1.76. The van der Waals surface area contributed by atoms with Gasteiger partial charge in [0, 0.05) is 18.3 Å². The molecule has 4 N–H and O–H groups in total.